The number of carbonyl (C=O) groups is 3. The third-order valence-corrected chi connectivity index (χ3v) is 4.14. The van der Waals surface area contributed by atoms with Crippen LogP contribution in [0.15, 0.2) is 12.1 Å². The molecule has 1 aromatic rings. The third kappa shape index (κ3) is 2.24. The lowest BCUT2D eigenvalue weighted by Gasteiger charge is -2.18. The van der Waals surface area contributed by atoms with Gasteiger partial charge < -0.3 is 0 Å². The highest BCUT2D eigenvalue weighted by atomic mass is 19.2. The van der Waals surface area contributed by atoms with Gasteiger partial charge in [-0.25, -0.2) is 8.78 Å². The van der Waals surface area contributed by atoms with E-state index in [0.29, 0.717) is 6.07 Å². The third-order valence-electron chi connectivity index (χ3n) is 4.14. The Bertz CT molecular complexity index is 651. The van der Waals surface area contributed by atoms with E-state index in [1.165, 1.54) is 0 Å². The topological polar surface area (TPSA) is 54.5 Å². The first-order valence-electron chi connectivity index (χ1n) is 6.87. The zero-order chi connectivity index (χ0) is 15.1. The summed E-state index contributed by atoms with van der Waals surface area (Å²) in [5.74, 6) is -4.37. The number of nitrogens with zero attached hydrogens (tertiary/aromatic N) is 1. The minimum absolute atomic E-state index is 0.0183. The van der Waals surface area contributed by atoms with E-state index in [0.717, 1.165) is 36.6 Å². The van der Waals surface area contributed by atoms with Gasteiger partial charge in [-0.15, -0.1) is 0 Å². The van der Waals surface area contributed by atoms with Gasteiger partial charge in [0.25, 0.3) is 11.7 Å². The lowest BCUT2D eigenvalue weighted by Crippen LogP contribution is -2.36. The molecule has 0 unspecified atom stereocenters. The van der Waals surface area contributed by atoms with Crippen molar-refractivity contribution in [3.8, 4) is 0 Å². The van der Waals surface area contributed by atoms with E-state index in [2.05, 4.69) is 0 Å². The van der Waals surface area contributed by atoms with Crippen LogP contribution < -0.4 is 4.90 Å². The fourth-order valence-corrected chi connectivity index (χ4v) is 2.98. The average molecular weight is 293 g/mol. The molecule has 0 spiro atoms. The Morgan fingerprint density at radius 1 is 1.14 bits per heavy atom. The van der Waals surface area contributed by atoms with Crippen LogP contribution in [0.3, 0.4) is 0 Å². The fraction of sp³-hybridized carbons (Fsp3) is 0.400. The molecular weight excluding hydrogens is 280 g/mol. The second kappa shape index (κ2) is 5.02. The summed E-state index contributed by atoms with van der Waals surface area (Å²) in [6.07, 6.45) is 3.50. The van der Waals surface area contributed by atoms with Gasteiger partial charge in [0.05, 0.1) is 17.8 Å². The molecule has 1 amide bonds. The van der Waals surface area contributed by atoms with E-state index in [4.69, 9.17) is 0 Å². The molecule has 0 saturated heterocycles. The second-order valence-electron chi connectivity index (χ2n) is 5.45. The minimum Gasteiger partial charge on any atom is -0.297 e. The number of anilines is 1. The Labute approximate surface area is 119 Å². The number of benzene rings is 1. The van der Waals surface area contributed by atoms with Gasteiger partial charge in [0, 0.05) is 12.0 Å². The van der Waals surface area contributed by atoms with E-state index >= 15 is 0 Å². The van der Waals surface area contributed by atoms with Gasteiger partial charge in [0.1, 0.15) is 0 Å². The molecule has 0 atom stereocenters. The highest BCUT2D eigenvalue weighted by molar-refractivity contribution is 6.52. The molecule has 3 rings (SSSR count). The van der Waals surface area contributed by atoms with Gasteiger partial charge in [0.2, 0.25) is 0 Å². The number of ketones is 2. The van der Waals surface area contributed by atoms with Crippen LogP contribution in [0.25, 0.3) is 0 Å². The quantitative estimate of drug-likeness (QED) is 0.803. The Hall–Kier alpha value is -2.11. The highest BCUT2D eigenvalue weighted by Crippen LogP contribution is 2.32. The van der Waals surface area contributed by atoms with Gasteiger partial charge in [-0.2, -0.15) is 0 Å². The maximum Gasteiger partial charge on any atom is 0.299 e. The van der Waals surface area contributed by atoms with Crippen molar-refractivity contribution in [3.63, 3.8) is 0 Å². The number of amides is 1. The number of hydrogen-bond donors (Lipinski definition) is 0. The molecule has 1 heterocycles. The molecule has 1 fully saturated rings. The van der Waals surface area contributed by atoms with Crippen molar-refractivity contribution in [2.75, 3.05) is 11.4 Å². The predicted octanol–water partition coefficient (Wildman–Crippen LogP) is 2.25. The highest BCUT2D eigenvalue weighted by Gasteiger charge is 2.39. The first-order chi connectivity index (χ1) is 9.99. The van der Waals surface area contributed by atoms with E-state index in [1.807, 2.05) is 0 Å². The summed E-state index contributed by atoms with van der Waals surface area (Å²) >= 11 is 0. The maximum absolute atomic E-state index is 13.3. The standard InChI is InChI=1S/C15H13F2NO3/c16-10-5-9-12(6-11(10)17)18(15(21)14(9)20)7-13(19)8-3-1-2-4-8/h5-6,8H,1-4,7H2. The van der Waals surface area contributed by atoms with Crippen LogP contribution in [0.1, 0.15) is 36.0 Å². The maximum atomic E-state index is 13.3. The summed E-state index contributed by atoms with van der Waals surface area (Å²) in [7, 11) is 0. The second-order valence-corrected chi connectivity index (χ2v) is 5.45. The van der Waals surface area contributed by atoms with Crippen LogP contribution in [0.5, 0.6) is 0 Å². The molecular formula is C15H13F2NO3. The van der Waals surface area contributed by atoms with Crippen LogP contribution in [-0.4, -0.2) is 24.0 Å². The van der Waals surface area contributed by atoms with E-state index in [9.17, 15) is 23.2 Å². The molecule has 0 N–H and O–H groups in total. The van der Waals surface area contributed by atoms with Gasteiger partial charge >= 0.3 is 0 Å². The monoisotopic (exact) mass is 293 g/mol. The van der Waals surface area contributed by atoms with Crippen molar-refractivity contribution >= 4 is 23.2 Å². The number of hydrogen-bond acceptors (Lipinski definition) is 3. The van der Waals surface area contributed by atoms with E-state index in [1.54, 1.807) is 0 Å². The van der Waals surface area contributed by atoms with Crippen molar-refractivity contribution in [1.29, 1.82) is 0 Å². The lowest BCUT2D eigenvalue weighted by atomic mass is 10.0. The van der Waals surface area contributed by atoms with E-state index < -0.39 is 23.3 Å². The zero-order valence-corrected chi connectivity index (χ0v) is 11.2. The van der Waals surface area contributed by atoms with Crippen LogP contribution in [0, 0.1) is 17.6 Å². The van der Waals surface area contributed by atoms with Gasteiger partial charge in [-0.1, -0.05) is 12.8 Å². The van der Waals surface area contributed by atoms with Crippen LogP contribution in [-0.2, 0) is 9.59 Å². The molecule has 2 aliphatic rings. The largest absolute Gasteiger partial charge is 0.299 e. The predicted molar refractivity (Wildman–Crippen MR) is 70.0 cm³/mol. The first kappa shape index (κ1) is 13.9. The van der Waals surface area contributed by atoms with Crippen molar-refractivity contribution in [2.24, 2.45) is 5.92 Å². The first-order valence-corrected chi connectivity index (χ1v) is 6.87. The van der Waals surface area contributed by atoms with Gasteiger partial charge in [0.15, 0.2) is 17.4 Å². The number of halogens is 2. The number of carbonyl (C=O) groups excluding carboxylic acids is 3. The lowest BCUT2D eigenvalue weighted by molar-refractivity contribution is -0.123. The summed E-state index contributed by atoms with van der Waals surface area (Å²) in [5, 5.41) is 0. The summed E-state index contributed by atoms with van der Waals surface area (Å²) in [4.78, 5) is 36.8. The van der Waals surface area contributed by atoms with Gasteiger partial charge in [-0.05, 0) is 18.9 Å². The van der Waals surface area contributed by atoms with Crippen molar-refractivity contribution in [2.45, 2.75) is 25.7 Å². The Morgan fingerprint density at radius 3 is 2.43 bits per heavy atom. The Kier molecular flexibility index (Phi) is 3.31. The van der Waals surface area contributed by atoms with Crippen LogP contribution >= 0.6 is 0 Å². The van der Waals surface area contributed by atoms with Crippen LogP contribution in [0.4, 0.5) is 14.5 Å². The molecule has 1 aliphatic carbocycles. The molecule has 0 radical (unpaired) electrons. The van der Waals surface area contributed by atoms with E-state index in [-0.39, 0.29) is 29.5 Å². The molecule has 1 aliphatic heterocycles. The normalized spacial score (nSPS) is 18.5. The average Bonchev–Trinajstić information content (AvgIpc) is 3.05. The molecule has 0 aromatic heterocycles. The Morgan fingerprint density at radius 2 is 1.76 bits per heavy atom. The van der Waals surface area contributed by atoms with Gasteiger partial charge in [-0.3, -0.25) is 19.3 Å². The summed E-state index contributed by atoms with van der Waals surface area (Å²) in [6.45, 7) is -0.257. The molecule has 4 nitrogen and oxygen atoms in total. The summed E-state index contributed by atoms with van der Waals surface area (Å²) in [5.41, 5.74) is -0.201. The minimum atomic E-state index is -1.18. The van der Waals surface area contributed by atoms with Crippen LogP contribution in [0.2, 0.25) is 0 Å². The zero-order valence-electron chi connectivity index (χ0n) is 11.2. The van der Waals surface area contributed by atoms with Crippen molar-refractivity contribution in [3.05, 3.63) is 29.3 Å². The number of Topliss-reactive ketones (excluding diaryl/α,β-unsaturated/α-hetero) is 2. The molecule has 0 bridgehead atoms. The Balaban J connectivity index is 1.90. The molecule has 6 heteroatoms. The SMILES string of the molecule is O=C1C(=O)N(CC(=O)C2CCCC2)c2cc(F)c(F)cc21. The summed E-state index contributed by atoms with van der Waals surface area (Å²) < 4.78 is 26.5. The van der Waals surface area contributed by atoms with Crippen molar-refractivity contribution in [1.82, 2.24) is 0 Å². The number of fused-ring (bicyclic) bond motifs is 1. The molecule has 1 saturated carbocycles. The molecule has 110 valence electrons. The fourth-order valence-electron chi connectivity index (χ4n) is 2.98. The van der Waals surface area contributed by atoms with Crippen molar-refractivity contribution < 1.29 is 23.2 Å². The smallest absolute Gasteiger partial charge is 0.297 e. The molecule has 1 aromatic carbocycles. The number of rotatable bonds is 3. The molecule has 21 heavy (non-hydrogen) atoms. The summed E-state index contributed by atoms with van der Waals surface area (Å²) in [6, 6.07) is 1.51.